The minimum absolute atomic E-state index is 0.562. The molecule has 0 saturated carbocycles. The van der Waals surface area contributed by atoms with Crippen molar-refractivity contribution in [3.8, 4) is 0 Å². The third-order valence-electron chi connectivity index (χ3n) is 3.16. The number of benzene rings is 2. The number of hydrogen-bond acceptors (Lipinski definition) is 3. The van der Waals surface area contributed by atoms with Gasteiger partial charge in [0.25, 0.3) is 0 Å². The first-order chi connectivity index (χ1) is 9.68. The zero-order valence-corrected chi connectivity index (χ0v) is 12.6. The molecule has 106 valence electrons. The van der Waals surface area contributed by atoms with E-state index in [1.54, 1.807) is 0 Å². The normalized spacial score (nSPS) is 13.9. The van der Waals surface area contributed by atoms with Crippen LogP contribution in [0.4, 0.5) is 0 Å². The van der Waals surface area contributed by atoms with Crippen LogP contribution < -0.4 is 5.32 Å². The number of nitrogens with one attached hydrogen (secondary N) is 1. The third kappa shape index (κ3) is 4.67. The summed E-state index contributed by atoms with van der Waals surface area (Å²) in [4.78, 5) is 1.28. The van der Waals surface area contributed by atoms with E-state index >= 15 is 0 Å². The van der Waals surface area contributed by atoms with Crippen molar-refractivity contribution < 1.29 is 5.11 Å². The Bertz CT molecular complexity index is 499. The SMILES string of the molecule is CC(O)(CNCCSc1ccccc1)c1ccccc1. The van der Waals surface area contributed by atoms with Crippen LogP contribution in [0.25, 0.3) is 0 Å². The van der Waals surface area contributed by atoms with Gasteiger partial charge in [-0.2, -0.15) is 0 Å². The molecule has 2 nitrogen and oxygen atoms in total. The molecule has 0 heterocycles. The lowest BCUT2D eigenvalue weighted by molar-refractivity contribution is 0.0577. The number of thioether (sulfide) groups is 1. The largest absolute Gasteiger partial charge is 0.384 e. The molecule has 0 aromatic heterocycles. The molecule has 0 spiro atoms. The lowest BCUT2D eigenvalue weighted by Gasteiger charge is -2.24. The Morgan fingerprint density at radius 2 is 1.60 bits per heavy atom. The van der Waals surface area contributed by atoms with Crippen molar-refractivity contribution in [3.63, 3.8) is 0 Å². The molecule has 3 heteroatoms. The molecule has 0 bridgehead atoms. The Hall–Kier alpha value is -1.29. The van der Waals surface area contributed by atoms with Gasteiger partial charge in [-0.05, 0) is 24.6 Å². The van der Waals surface area contributed by atoms with E-state index in [0.29, 0.717) is 6.54 Å². The molecule has 0 saturated heterocycles. The highest BCUT2D eigenvalue weighted by Gasteiger charge is 2.21. The van der Waals surface area contributed by atoms with Gasteiger partial charge in [-0.3, -0.25) is 0 Å². The maximum Gasteiger partial charge on any atom is 0.0992 e. The topological polar surface area (TPSA) is 32.3 Å². The maximum absolute atomic E-state index is 10.4. The van der Waals surface area contributed by atoms with Gasteiger partial charge in [0, 0.05) is 23.7 Å². The van der Waals surface area contributed by atoms with Crippen molar-refractivity contribution in [2.75, 3.05) is 18.8 Å². The van der Waals surface area contributed by atoms with Crippen molar-refractivity contribution >= 4 is 11.8 Å². The zero-order chi connectivity index (χ0) is 14.3. The molecule has 0 amide bonds. The summed E-state index contributed by atoms with van der Waals surface area (Å²) in [6.45, 7) is 3.29. The second-order valence-corrected chi connectivity index (χ2v) is 6.15. The average Bonchev–Trinajstić information content (AvgIpc) is 2.49. The third-order valence-corrected chi connectivity index (χ3v) is 4.17. The fraction of sp³-hybridized carbons (Fsp3) is 0.294. The second-order valence-electron chi connectivity index (χ2n) is 4.98. The van der Waals surface area contributed by atoms with Crippen LogP contribution in [0.5, 0.6) is 0 Å². The van der Waals surface area contributed by atoms with Crippen molar-refractivity contribution in [1.29, 1.82) is 0 Å². The van der Waals surface area contributed by atoms with Crippen LogP contribution in [-0.2, 0) is 5.60 Å². The molecule has 0 aliphatic carbocycles. The van der Waals surface area contributed by atoms with Crippen LogP contribution in [0, 0.1) is 0 Å². The standard InChI is InChI=1S/C17H21NOS/c1-17(19,15-8-4-2-5-9-15)14-18-12-13-20-16-10-6-3-7-11-16/h2-11,18-19H,12-14H2,1H3. The van der Waals surface area contributed by atoms with Crippen molar-refractivity contribution in [2.45, 2.75) is 17.4 Å². The van der Waals surface area contributed by atoms with E-state index in [1.807, 2.05) is 55.1 Å². The number of rotatable bonds is 7. The monoisotopic (exact) mass is 287 g/mol. The van der Waals surface area contributed by atoms with Gasteiger partial charge in [-0.15, -0.1) is 11.8 Å². The minimum Gasteiger partial charge on any atom is -0.384 e. The predicted octanol–water partition coefficient (Wildman–Crippen LogP) is 3.28. The summed E-state index contributed by atoms with van der Waals surface area (Å²) in [7, 11) is 0. The van der Waals surface area contributed by atoms with E-state index in [-0.39, 0.29) is 0 Å². The van der Waals surface area contributed by atoms with Gasteiger partial charge in [0.05, 0.1) is 5.60 Å². The highest BCUT2D eigenvalue weighted by Crippen LogP contribution is 2.19. The van der Waals surface area contributed by atoms with Gasteiger partial charge in [-0.1, -0.05) is 48.5 Å². The molecular formula is C17H21NOS. The molecule has 0 aliphatic heterocycles. The van der Waals surface area contributed by atoms with Gasteiger partial charge < -0.3 is 10.4 Å². The molecular weight excluding hydrogens is 266 g/mol. The molecule has 0 aliphatic rings. The summed E-state index contributed by atoms with van der Waals surface area (Å²) in [5.74, 6) is 0.995. The summed E-state index contributed by atoms with van der Waals surface area (Å²) in [6.07, 6.45) is 0. The first-order valence-electron chi connectivity index (χ1n) is 6.85. The molecule has 2 aromatic rings. The Labute approximate surface area is 125 Å². The van der Waals surface area contributed by atoms with E-state index in [1.165, 1.54) is 4.90 Å². The van der Waals surface area contributed by atoms with Crippen LogP contribution in [0.2, 0.25) is 0 Å². The summed E-state index contributed by atoms with van der Waals surface area (Å²) < 4.78 is 0. The Kier molecular flexibility index (Phi) is 5.65. The summed E-state index contributed by atoms with van der Waals surface area (Å²) in [6, 6.07) is 20.1. The molecule has 2 N–H and O–H groups in total. The Morgan fingerprint density at radius 3 is 2.25 bits per heavy atom. The first kappa shape index (κ1) is 15.1. The minimum atomic E-state index is -0.821. The van der Waals surface area contributed by atoms with Crippen LogP contribution in [0.3, 0.4) is 0 Å². The number of aliphatic hydroxyl groups is 1. The molecule has 2 rings (SSSR count). The van der Waals surface area contributed by atoms with Gasteiger partial charge >= 0.3 is 0 Å². The van der Waals surface area contributed by atoms with E-state index in [0.717, 1.165) is 17.9 Å². The van der Waals surface area contributed by atoms with E-state index < -0.39 is 5.60 Å². The molecule has 0 fully saturated rings. The smallest absolute Gasteiger partial charge is 0.0992 e. The van der Waals surface area contributed by atoms with Gasteiger partial charge in [0.15, 0.2) is 0 Å². The molecule has 1 unspecified atom stereocenters. The average molecular weight is 287 g/mol. The highest BCUT2D eigenvalue weighted by molar-refractivity contribution is 7.99. The first-order valence-corrected chi connectivity index (χ1v) is 7.83. The summed E-state index contributed by atoms with van der Waals surface area (Å²) >= 11 is 1.82. The summed E-state index contributed by atoms with van der Waals surface area (Å²) in [5, 5.41) is 13.8. The van der Waals surface area contributed by atoms with Gasteiger partial charge in [0.2, 0.25) is 0 Å². The van der Waals surface area contributed by atoms with E-state index in [4.69, 9.17) is 0 Å². The van der Waals surface area contributed by atoms with E-state index in [2.05, 4.69) is 29.6 Å². The fourth-order valence-corrected chi connectivity index (χ4v) is 2.82. The Balaban J connectivity index is 1.70. The van der Waals surface area contributed by atoms with Gasteiger partial charge in [0.1, 0.15) is 0 Å². The van der Waals surface area contributed by atoms with Gasteiger partial charge in [-0.25, -0.2) is 0 Å². The fourth-order valence-electron chi connectivity index (χ4n) is 1.99. The van der Waals surface area contributed by atoms with Crippen LogP contribution in [-0.4, -0.2) is 23.9 Å². The van der Waals surface area contributed by atoms with E-state index in [9.17, 15) is 5.11 Å². The maximum atomic E-state index is 10.4. The van der Waals surface area contributed by atoms with Crippen LogP contribution in [0.15, 0.2) is 65.6 Å². The van der Waals surface area contributed by atoms with Crippen molar-refractivity contribution in [3.05, 3.63) is 66.2 Å². The lowest BCUT2D eigenvalue weighted by Crippen LogP contribution is -2.36. The zero-order valence-electron chi connectivity index (χ0n) is 11.8. The van der Waals surface area contributed by atoms with Crippen LogP contribution in [0.1, 0.15) is 12.5 Å². The quantitative estimate of drug-likeness (QED) is 0.605. The molecule has 20 heavy (non-hydrogen) atoms. The van der Waals surface area contributed by atoms with Crippen LogP contribution >= 0.6 is 11.8 Å². The molecule has 2 aromatic carbocycles. The highest BCUT2D eigenvalue weighted by atomic mass is 32.2. The molecule has 1 atom stereocenters. The molecule has 0 radical (unpaired) electrons. The Morgan fingerprint density at radius 1 is 1.00 bits per heavy atom. The van der Waals surface area contributed by atoms with Crippen molar-refractivity contribution in [1.82, 2.24) is 5.32 Å². The second kappa shape index (κ2) is 7.48. The number of hydrogen-bond donors (Lipinski definition) is 2. The predicted molar refractivity (Wildman–Crippen MR) is 86.0 cm³/mol. The summed E-state index contributed by atoms with van der Waals surface area (Å²) in [5.41, 5.74) is 0.127. The lowest BCUT2D eigenvalue weighted by atomic mass is 9.96. The van der Waals surface area contributed by atoms with Crippen molar-refractivity contribution in [2.24, 2.45) is 0 Å².